The number of nitrogens with two attached hydrogens (primary N) is 1. The van der Waals surface area contributed by atoms with Gasteiger partial charge in [0, 0.05) is 26.2 Å². The zero-order valence-electron chi connectivity index (χ0n) is 15.2. The summed E-state index contributed by atoms with van der Waals surface area (Å²) in [6, 6.07) is 7.26. The molecule has 0 radical (unpaired) electrons. The monoisotopic (exact) mass is 369 g/mol. The molecule has 8 heteroatoms. The first-order valence-corrected chi connectivity index (χ1v) is 8.91. The van der Waals surface area contributed by atoms with E-state index in [2.05, 4.69) is 10.3 Å². The van der Waals surface area contributed by atoms with Crippen molar-refractivity contribution in [3.05, 3.63) is 48.0 Å². The van der Waals surface area contributed by atoms with Gasteiger partial charge in [-0.05, 0) is 25.0 Å². The Morgan fingerprint density at radius 2 is 2.07 bits per heavy atom. The minimum Gasteiger partial charge on any atom is -0.369 e. The quantitative estimate of drug-likeness (QED) is 0.814. The summed E-state index contributed by atoms with van der Waals surface area (Å²) in [5.74, 6) is -0.923. The molecule has 3 rings (SSSR count). The van der Waals surface area contributed by atoms with E-state index in [0.717, 1.165) is 12.8 Å². The van der Waals surface area contributed by atoms with E-state index in [9.17, 15) is 14.4 Å². The van der Waals surface area contributed by atoms with Gasteiger partial charge in [-0.15, -0.1) is 0 Å². The van der Waals surface area contributed by atoms with Crippen LogP contribution >= 0.6 is 0 Å². The first-order chi connectivity index (χ1) is 13.0. The summed E-state index contributed by atoms with van der Waals surface area (Å²) < 4.78 is 1.76. The summed E-state index contributed by atoms with van der Waals surface area (Å²) in [4.78, 5) is 41.6. The maximum atomic E-state index is 13.1. The van der Waals surface area contributed by atoms with E-state index in [1.807, 2.05) is 12.1 Å². The molecule has 1 fully saturated rings. The van der Waals surface area contributed by atoms with Crippen LogP contribution in [-0.2, 0) is 16.1 Å². The summed E-state index contributed by atoms with van der Waals surface area (Å²) in [7, 11) is 0. The molecule has 0 unspecified atom stereocenters. The molecule has 27 heavy (non-hydrogen) atoms. The van der Waals surface area contributed by atoms with Crippen molar-refractivity contribution in [1.82, 2.24) is 19.8 Å². The van der Waals surface area contributed by atoms with Crippen molar-refractivity contribution < 1.29 is 14.4 Å². The average molecular weight is 369 g/mol. The largest absolute Gasteiger partial charge is 0.369 e. The third kappa shape index (κ3) is 4.33. The van der Waals surface area contributed by atoms with Gasteiger partial charge in [0.25, 0.3) is 5.91 Å². The third-order valence-electron chi connectivity index (χ3n) is 4.68. The number of primary amides is 1. The van der Waals surface area contributed by atoms with E-state index >= 15 is 0 Å². The Bertz CT molecular complexity index is 861. The number of piperidine rings is 1. The fourth-order valence-electron chi connectivity index (χ4n) is 3.25. The molecule has 1 aromatic heterocycles. The van der Waals surface area contributed by atoms with Gasteiger partial charge in [-0.25, -0.2) is 4.98 Å². The fraction of sp³-hybridized carbons (Fsp3) is 0.368. The molecule has 1 aromatic carbocycles. The van der Waals surface area contributed by atoms with Crippen LogP contribution < -0.4 is 11.1 Å². The van der Waals surface area contributed by atoms with Crippen molar-refractivity contribution >= 4 is 17.7 Å². The van der Waals surface area contributed by atoms with E-state index in [1.165, 1.54) is 6.92 Å². The molecule has 3 amide bonds. The van der Waals surface area contributed by atoms with Crippen LogP contribution in [0, 0.1) is 5.92 Å². The van der Waals surface area contributed by atoms with Crippen molar-refractivity contribution in [1.29, 1.82) is 0 Å². The molecule has 1 atom stereocenters. The summed E-state index contributed by atoms with van der Waals surface area (Å²) in [6.45, 7) is 2.72. The Morgan fingerprint density at radius 1 is 1.30 bits per heavy atom. The highest BCUT2D eigenvalue weighted by atomic mass is 16.2. The molecule has 2 aromatic rings. The van der Waals surface area contributed by atoms with E-state index < -0.39 is 0 Å². The number of nitrogens with one attached hydrogen (secondary N) is 1. The van der Waals surface area contributed by atoms with Crippen LogP contribution in [-0.4, -0.2) is 45.3 Å². The first kappa shape index (κ1) is 18.6. The predicted octanol–water partition coefficient (Wildman–Crippen LogP) is 0.846. The van der Waals surface area contributed by atoms with Crippen molar-refractivity contribution in [2.75, 3.05) is 13.1 Å². The van der Waals surface area contributed by atoms with E-state index in [0.29, 0.717) is 36.6 Å². The normalized spacial score (nSPS) is 16.8. The molecule has 1 aliphatic rings. The van der Waals surface area contributed by atoms with Crippen LogP contribution in [0.15, 0.2) is 36.8 Å². The second kappa shape index (κ2) is 8.03. The summed E-state index contributed by atoms with van der Waals surface area (Å²) in [5, 5.41) is 2.70. The zero-order valence-corrected chi connectivity index (χ0v) is 15.2. The van der Waals surface area contributed by atoms with Crippen LogP contribution in [0.1, 0.15) is 35.8 Å². The van der Waals surface area contributed by atoms with E-state index in [4.69, 9.17) is 5.73 Å². The van der Waals surface area contributed by atoms with Crippen LogP contribution in [0.5, 0.6) is 0 Å². The molecule has 0 aliphatic carbocycles. The zero-order chi connectivity index (χ0) is 19.4. The molecule has 0 bridgehead atoms. The Hall–Kier alpha value is -3.16. The number of carbonyl (C=O) groups is 3. The number of nitrogens with zero attached hydrogens (tertiary/aromatic N) is 3. The molecular weight excluding hydrogens is 346 g/mol. The van der Waals surface area contributed by atoms with Gasteiger partial charge in [-0.3, -0.25) is 14.4 Å². The van der Waals surface area contributed by atoms with Gasteiger partial charge in [-0.2, -0.15) is 0 Å². The highest BCUT2D eigenvalue weighted by molar-refractivity contribution is 5.98. The minimum absolute atomic E-state index is 0.130. The first-order valence-electron chi connectivity index (χ1n) is 8.91. The number of imidazole rings is 1. The topological polar surface area (TPSA) is 110 Å². The van der Waals surface area contributed by atoms with E-state index in [1.54, 1.807) is 34.1 Å². The van der Waals surface area contributed by atoms with Crippen molar-refractivity contribution in [3.8, 4) is 5.69 Å². The maximum Gasteiger partial charge on any atom is 0.256 e. The lowest BCUT2D eigenvalue weighted by Gasteiger charge is -2.31. The standard InChI is InChI=1S/C19H23N5O3/c1-13(25)21-9-15-11-24(12-22-15)17-7-3-2-6-16(17)19(27)23-8-4-5-14(10-23)18(20)26/h2-3,6-7,11-12,14H,4-5,8-10H2,1H3,(H2,20,26)(H,21,25)/t14-/m1/s1. The third-order valence-corrected chi connectivity index (χ3v) is 4.68. The maximum absolute atomic E-state index is 13.1. The van der Waals surface area contributed by atoms with Gasteiger partial charge < -0.3 is 20.5 Å². The second-order valence-electron chi connectivity index (χ2n) is 6.69. The molecule has 3 N–H and O–H groups in total. The smallest absolute Gasteiger partial charge is 0.256 e. The highest BCUT2D eigenvalue weighted by Crippen LogP contribution is 2.22. The molecule has 1 saturated heterocycles. The second-order valence-corrected chi connectivity index (χ2v) is 6.69. The summed E-state index contributed by atoms with van der Waals surface area (Å²) >= 11 is 0. The molecule has 142 valence electrons. The van der Waals surface area contributed by atoms with Gasteiger partial charge in [0.1, 0.15) is 0 Å². The number of amides is 3. The molecular formula is C19H23N5O3. The van der Waals surface area contributed by atoms with Gasteiger partial charge in [0.2, 0.25) is 11.8 Å². The van der Waals surface area contributed by atoms with Crippen LogP contribution in [0.2, 0.25) is 0 Å². The number of hydrogen-bond donors (Lipinski definition) is 2. The van der Waals surface area contributed by atoms with Crippen LogP contribution in [0.3, 0.4) is 0 Å². The molecule has 0 spiro atoms. The average Bonchev–Trinajstić information content (AvgIpc) is 3.15. The number of para-hydroxylation sites is 1. The number of rotatable bonds is 5. The van der Waals surface area contributed by atoms with Crippen molar-refractivity contribution in [2.45, 2.75) is 26.3 Å². The Labute approximate surface area is 157 Å². The van der Waals surface area contributed by atoms with Gasteiger partial charge in [0.05, 0.1) is 35.7 Å². The van der Waals surface area contributed by atoms with Crippen LogP contribution in [0.4, 0.5) is 0 Å². The van der Waals surface area contributed by atoms with Crippen molar-refractivity contribution in [2.24, 2.45) is 11.7 Å². The Kier molecular flexibility index (Phi) is 5.54. The number of carbonyl (C=O) groups excluding carboxylic acids is 3. The number of likely N-dealkylation sites (tertiary alicyclic amines) is 1. The van der Waals surface area contributed by atoms with Crippen LogP contribution in [0.25, 0.3) is 5.69 Å². The molecule has 1 aliphatic heterocycles. The Morgan fingerprint density at radius 3 is 2.81 bits per heavy atom. The number of aromatic nitrogens is 2. The lowest BCUT2D eigenvalue weighted by molar-refractivity contribution is -0.123. The Balaban J connectivity index is 1.82. The minimum atomic E-state index is -0.363. The summed E-state index contributed by atoms with van der Waals surface area (Å²) in [6.07, 6.45) is 4.87. The van der Waals surface area contributed by atoms with Gasteiger partial charge in [0.15, 0.2) is 0 Å². The fourth-order valence-corrected chi connectivity index (χ4v) is 3.25. The lowest BCUT2D eigenvalue weighted by Crippen LogP contribution is -2.44. The van der Waals surface area contributed by atoms with Gasteiger partial charge in [-0.1, -0.05) is 12.1 Å². The van der Waals surface area contributed by atoms with Gasteiger partial charge >= 0.3 is 0 Å². The molecule has 2 heterocycles. The predicted molar refractivity (Wildman–Crippen MR) is 98.9 cm³/mol. The SMILES string of the molecule is CC(=O)NCc1cn(-c2ccccc2C(=O)N2CCC[C@@H](C(N)=O)C2)cn1. The number of benzene rings is 1. The summed E-state index contributed by atoms with van der Waals surface area (Å²) in [5.41, 5.74) is 7.35. The number of hydrogen-bond acceptors (Lipinski definition) is 4. The molecule has 0 saturated carbocycles. The highest BCUT2D eigenvalue weighted by Gasteiger charge is 2.28. The van der Waals surface area contributed by atoms with E-state index in [-0.39, 0.29) is 23.6 Å². The molecule has 8 nitrogen and oxygen atoms in total. The lowest BCUT2D eigenvalue weighted by atomic mass is 9.96. The van der Waals surface area contributed by atoms with Crippen molar-refractivity contribution in [3.63, 3.8) is 0 Å².